The molecule has 7 nitrogen and oxygen atoms in total. The van der Waals surface area contributed by atoms with E-state index < -0.39 is 6.04 Å². The summed E-state index contributed by atoms with van der Waals surface area (Å²) in [6.45, 7) is 5.22. The number of halogens is 1. The highest BCUT2D eigenvalue weighted by atomic mass is 35.5. The van der Waals surface area contributed by atoms with Crippen LogP contribution in [0.15, 0.2) is 72.8 Å². The molecule has 40 heavy (non-hydrogen) atoms. The SMILES string of the molecule is COc1ccc(CC(=O)N(Cc2ccc(Cl)cc2)C(Cc2ccccc2)C(=O)NCCCOC(C)C)cc1OC. The van der Waals surface area contributed by atoms with E-state index >= 15 is 0 Å². The van der Waals surface area contributed by atoms with Crippen molar-refractivity contribution >= 4 is 23.4 Å². The minimum Gasteiger partial charge on any atom is -0.493 e. The van der Waals surface area contributed by atoms with Gasteiger partial charge in [0.2, 0.25) is 11.8 Å². The summed E-state index contributed by atoms with van der Waals surface area (Å²) in [5.74, 6) is 0.739. The number of benzene rings is 3. The lowest BCUT2D eigenvalue weighted by Crippen LogP contribution is -2.51. The number of nitrogens with one attached hydrogen (secondary N) is 1. The number of amides is 2. The van der Waals surface area contributed by atoms with E-state index in [0.29, 0.717) is 42.5 Å². The van der Waals surface area contributed by atoms with Gasteiger partial charge in [-0.3, -0.25) is 9.59 Å². The van der Waals surface area contributed by atoms with Gasteiger partial charge in [-0.15, -0.1) is 0 Å². The molecule has 2 amide bonds. The van der Waals surface area contributed by atoms with Crippen molar-refractivity contribution in [3.63, 3.8) is 0 Å². The fourth-order valence-corrected chi connectivity index (χ4v) is 4.45. The van der Waals surface area contributed by atoms with Crippen LogP contribution in [0.4, 0.5) is 0 Å². The molecule has 3 rings (SSSR count). The Hall–Kier alpha value is -3.55. The lowest BCUT2D eigenvalue weighted by atomic mass is 10.0. The van der Waals surface area contributed by atoms with Crippen LogP contribution >= 0.6 is 11.6 Å². The van der Waals surface area contributed by atoms with Gasteiger partial charge >= 0.3 is 0 Å². The Kier molecular flexibility index (Phi) is 12.3. The van der Waals surface area contributed by atoms with Gasteiger partial charge in [0.25, 0.3) is 0 Å². The second-order valence-electron chi connectivity index (χ2n) is 9.78. The van der Waals surface area contributed by atoms with Crippen LogP contribution in [-0.2, 0) is 33.7 Å². The largest absolute Gasteiger partial charge is 0.493 e. The van der Waals surface area contributed by atoms with Crippen molar-refractivity contribution in [3.8, 4) is 11.5 Å². The maximum absolute atomic E-state index is 14.0. The van der Waals surface area contributed by atoms with Gasteiger partial charge in [-0.2, -0.15) is 0 Å². The molecule has 1 N–H and O–H groups in total. The number of hydrogen-bond acceptors (Lipinski definition) is 5. The van der Waals surface area contributed by atoms with Gasteiger partial charge in [-0.05, 0) is 61.2 Å². The zero-order valence-electron chi connectivity index (χ0n) is 23.7. The molecule has 1 unspecified atom stereocenters. The van der Waals surface area contributed by atoms with E-state index in [9.17, 15) is 9.59 Å². The third-order valence-electron chi connectivity index (χ3n) is 6.41. The summed E-state index contributed by atoms with van der Waals surface area (Å²) in [5.41, 5.74) is 2.60. The molecule has 8 heteroatoms. The Morgan fingerprint density at radius 3 is 2.20 bits per heavy atom. The Labute approximate surface area is 242 Å². The number of carbonyl (C=O) groups is 2. The Morgan fingerprint density at radius 1 is 0.875 bits per heavy atom. The molecule has 0 radical (unpaired) electrons. The van der Waals surface area contributed by atoms with Gasteiger partial charge in [0.15, 0.2) is 11.5 Å². The molecule has 3 aromatic carbocycles. The summed E-state index contributed by atoms with van der Waals surface area (Å²) in [5, 5.41) is 3.64. The number of rotatable bonds is 15. The van der Waals surface area contributed by atoms with E-state index in [-0.39, 0.29) is 30.9 Å². The lowest BCUT2D eigenvalue weighted by Gasteiger charge is -2.32. The number of carbonyl (C=O) groups excluding carboxylic acids is 2. The van der Waals surface area contributed by atoms with Crippen LogP contribution in [0, 0.1) is 0 Å². The van der Waals surface area contributed by atoms with Crippen molar-refractivity contribution in [1.29, 1.82) is 0 Å². The van der Waals surface area contributed by atoms with Crippen LogP contribution in [0.25, 0.3) is 0 Å². The predicted molar refractivity (Wildman–Crippen MR) is 158 cm³/mol. The van der Waals surface area contributed by atoms with Crippen LogP contribution in [0.5, 0.6) is 11.5 Å². The molecule has 0 bridgehead atoms. The number of ether oxygens (including phenoxy) is 3. The molecule has 0 spiro atoms. The van der Waals surface area contributed by atoms with E-state index in [2.05, 4.69) is 5.32 Å². The number of hydrogen-bond donors (Lipinski definition) is 1. The van der Waals surface area contributed by atoms with E-state index in [1.807, 2.05) is 62.4 Å². The van der Waals surface area contributed by atoms with Crippen molar-refractivity contribution in [2.24, 2.45) is 0 Å². The van der Waals surface area contributed by atoms with Gasteiger partial charge < -0.3 is 24.4 Å². The normalized spacial score (nSPS) is 11.7. The van der Waals surface area contributed by atoms with Crippen molar-refractivity contribution < 1.29 is 23.8 Å². The molecule has 0 aromatic heterocycles. The average molecular weight is 567 g/mol. The average Bonchev–Trinajstić information content (AvgIpc) is 2.95. The smallest absolute Gasteiger partial charge is 0.243 e. The van der Waals surface area contributed by atoms with Gasteiger partial charge in [0.05, 0.1) is 26.7 Å². The summed E-state index contributed by atoms with van der Waals surface area (Å²) in [4.78, 5) is 29.3. The van der Waals surface area contributed by atoms with Gasteiger partial charge in [-0.25, -0.2) is 0 Å². The van der Waals surface area contributed by atoms with Crippen molar-refractivity contribution in [2.75, 3.05) is 27.4 Å². The fourth-order valence-electron chi connectivity index (χ4n) is 4.33. The molecular formula is C32H39ClN2O5. The summed E-state index contributed by atoms with van der Waals surface area (Å²) >= 11 is 6.12. The van der Waals surface area contributed by atoms with Crippen LogP contribution < -0.4 is 14.8 Å². The second-order valence-corrected chi connectivity index (χ2v) is 10.2. The van der Waals surface area contributed by atoms with Crippen molar-refractivity contribution in [3.05, 3.63) is 94.5 Å². The molecule has 0 fully saturated rings. The predicted octanol–water partition coefficient (Wildman–Crippen LogP) is 5.47. The maximum atomic E-state index is 14.0. The summed E-state index contributed by atoms with van der Waals surface area (Å²) < 4.78 is 16.4. The van der Waals surface area contributed by atoms with Crippen molar-refractivity contribution in [1.82, 2.24) is 10.2 Å². The lowest BCUT2D eigenvalue weighted by molar-refractivity contribution is -0.140. The van der Waals surface area contributed by atoms with Gasteiger partial charge in [0, 0.05) is 31.1 Å². The molecule has 0 saturated heterocycles. The summed E-state index contributed by atoms with van der Waals surface area (Å²) in [6, 6.07) is 21.7. The highest BCUT2D eigenvalue weighted by Crippen LogP contribution is 2.28. The van der Waals surface area contributed by atoms with Crippen molar-refractivity contribution in [2.45, 2.75) is 51.8 Å². The topological polar surface area (TPSA) is 77.1 Å². The molecule has 0 saturated carbocycles. The monoisotopic (exact) mass is 566 g/mol. The van der Waals surface area contributed by atoms with E-state index in [1.165, 1.54) is 0 Å². The summed E-state index contributed by atoms with van der Waals surface area (Å²) in [7, 11) is 3.13. The highest BCUT2D eigenvalue weighted by molar-refractivity contribution is 6.30. The van der Waals surface area contributed by atoms with Gasteiger partial charge in [0.1, 0.15) is 6.04 Å². The first-order valence-corrected chi connectivity index (χ1v) is 13.9. The van der Waals surface area contributed by atoms with E-state index in [4.69, 9.17) is 25.8 Å². The zero-order valence-corrected chi connectivity index (χ0v) is 24.4. The summed E-state index contributed by atoms with van der Waals surface area (Å²) in [6.07, 6.45) is 1.28. The standard InChI is InChI=1S/C32H39ClN2O5/c1-23(2)40-18-8-17-34-32(37)28(19-24-9-6-5-7-10-24)35(22-25-11-14-27(33)15-12-25)31(36)21-26-13-16-29(38-3)30(20-26)39-4/h5-7,9-16,20,23,28H,8,17-19,21-22H2,1-4H3,(H,34,37). The second kappa shape index (κ2) is 15.9. The molecular weight excluding hydrogens is 528 g/mol. The maximum Gasteiger partial charge on any atom is 0.243 e. The van der Waals surface area contributed by atoms with E-state index in [1.54, 1.807) is 43.4 Å². The first-order chi connectivity index (χ1) is 19.3. The quantitative estimate of drug-likeness (QED) is 0.247. The Bertz CT molecular complexity index is 1220. The molecule has 3 aromatic rings. The third kappa shape index (κ3) is 9.57. The van der Waals surface area contributed by atoms with E-state index in [0.717, 1.165) is 16.7 Å². The van der Waals surface area contributed by atoms with Gasteiger partial charge in [-0.1, -0.05) is 60.1 Å². The fraction of sp³-hybridized carbons (Fsp3) is 0.375. The molecule has 0 aliphatic carbocycles. The minimum absolute atomic E-state index is 0.0920. The number of nitrogens with zero attached hydrogens (tertiary/aromatic N) is 1. The first-order valence-electron chi connectivity index (χ1n) is 13.5. The molecule has 0 aliphatic rings. The minimum atomic E-state index is -0.725. The first kappa shape index (κ1) is 31.0. The molecule has 0 aliphatic heterocycles. The Morgan fingerprint density at radius 2 is 1.55 bits per heavy atom. The molecule has 1 atom stereocenters. The zero-order chi connectivity index (χ0) is 28.9. The Balaban J connectivity index is 1.90. The third-order valence-corrected chi connectivity index (χ3v) is 6.66. The molecule has 0 heterocycles. The number of methoxy groups -OCH3 is 2. The van der Waals surface area contributed by atoms with Crippen LogP contribution in [0.1, 0.15) is 37.0 Å². The van der Waals surface area contributed by atoms with Crippen LogP contribution in [0.2, 0.25) is 5.02 Å². The van der Waals surface area contributed by atoms with Crippen LogP contribution in [0.3, 0.4) is 0 Å². The molecule has 214 valence electrons. The highest BCUT2D eigenvalue weighted by Gasteiger charge is 2.30. The van der Waals surface area contributed by atoms with Crippen LogP contribution in [-0.4, -0.2) is 56.2 Å².